The molecule has 192 valence electrons. The zero-order valence-electron chi connectivity index (χ0n) is 21.4. The molecule has 5 aromatic rings. The SMILES string of the molecule is CC.CN(CCCNc1cc(-c2ccccc2O)nc2c(SF)cnn12)Cc1cccc2ccccc12. The lowest BCUT2D eigenvalue weighted by atomic mass is 10.0. The van der Waals surface area contributed by atoms with E-state index in [4.69, 9.17) is 0 Å². The predicted molar refractivity (Wildman–Crippen MR) is 152 cm³/mol. The summed E-state index contributed by atoms with van der Waals surface area (Å²) < 4.78 is 15.1. The van der Waals surface area contributed by atoms with Crippen molar-refractivity contribution in [3.8, 4) is 17.0 Å². The van der Waals surface area contributed by atoms with Gasteiger partial charge in [-0.05, 0) is 48.5 Å². The summed E-state index contributed by atoms with van der Waals surface area (Å²) in [4.78, 5) is 7.20. The van der Waals surface area contributed by atoms with E-state index in [1.807, 2.05) is 26.0 Å². The number of phenolic OH excluding ortho intramolecular Hbond substituents is 1. The zero-order valence-corrected chi connectivity index (χ0v) is 22.2. The Balaban J connectivity index is 0.00000156. The fourth-order valence-corrected chi connectivity index (χ4v) is 4.61. The maximum Gasteiger partial charge on any atom is 0.174 e. The van der Waals surface area contributed by atoms with Crippen LogP contribution in [0.3, 0.4) is 0 Å². The molecule has 8 heteroatoms. The van der Waals surface area contributed by atoms with Crippen molar-refractivity contribution in [1.82, 2.24) is 19.5 Å². The molecule has 0 aliphatic carbocycles. The molecule has 6 nitrogen and oxygen atoms in total. The summed E-state index contributed by atoms with van der Waals surface area (Å²) in [5.41, 5.74) is 2.87. The quantitative estimate of drug-likeness (QED) is 0.202. The van der Waals surface area contributed by atoms with Crippen molar-refractivity contribution in [3.05, 3.63) is 84.6 Å². The standard InChI is InChI=1S/C27H26FN5OS.C2H6/c1-32(18-20-10-6-9-19-8-2-3-11-21(19)20)15-7-14-29-26-16-23(22-12-4-5-13-24(22)34)31-27-25(35-28)17-30-33(26)27;1-2/h2-6,8-13,16-17,29,34H,7,14-15,18H2,1H3;1-2H3. The Hall–Kier alpha value is -3.62. The topological polar surface area (TPSA) is 65.7 Å². The molecule has 3 aromatic carbocycles. The summed E-state index contributed by atoms with van der Waals surface area (Å²) in [6.45, 7) is 6.48. The highest BCUT2D eigenvalue weighted by Crippen LogP contribution is 2.32. The third-order valence-electron chi connectivity index (χ3n) is 6.05. The Morgan fingerprint density at radius 1 is 1.03 bits per heavy atom. The molecular weight excluding hydrogens is 485 g/mol. The third kappa shape index (κ3) is 6.03. The molecule has 0 aliphatic heterocycles. The van der Waals surface area contributed by atoms with E-state index in [9.17, 15) is 8.99 Å². The molecule has 0 unspecified atom stereocenters. The number of anilines is 1. The number of aromatic nitrogens is 3. The van der Waals surface area contributed by atoms with E-state index in [2.05, 4.69) is 69.8 Å². The predicted octanol–water partition coefficient (Wildman–Crippen LogP) is 7.19. The van der Waals surface area contributed by atoms with Crippen LogP contribution in [0.1, 0.15) is 25.8 Å². The van der Waals surface area contributed by atoms with Gasteiger partial charge < -0.3 is 15.3 Å². The van der Waals surface area contributed by atoms with Crippen LogP contribution in [0.25, 0.3) is 27.7 Å². The largest absolute Gasteiger partial charge is 0.507 e. The van der Waals surface area contributed by atoms with Gasteiger partial charge in [-0.3, -0.25) is 0 Å². The Morgan fingerprint density at radius 3 is 2.59 bits per heavy atom. The monoisotopic (exact) mass is 517 g/mol. The Morgan fingerprint density at radius 2 is 1.78 bits per heavy atom. The van der Waals surface area contributed by atoms with E-state index in [0.29, 0.717) is 34.2 Å². The second-order valence-electron chi connectivity index (χ2n) is 8.52. The Kier molecular flexibility index (Phi) is 8.98. The van der Waals surface area contributed by atoms with Crippen molar-refractivity contribution in [2.45, 2.75) is 31.7 Å². The van der Waals surface area contributed by atoms with Gasteiger partial charge in [-0.25, -0.2) is 4.98 Å². The lowest BCUT2D eigenvalue weighted by Crippen LogP contribution is -2.21. The normalized spacial score (nSPS) is 11.1. The minimum absolute atomic E-state index is 0.113. The van der Waals surface area contributed by atoms with Gasteiger partial charge in [0.15, 0.2) is 5.65 Å². The minimum atomic E-state index is 0.113. The van der Waals surface area contributed by atoms with Crippen LogP contribution in [0.4, 0.5) is 9.70 Å². The molecule has 0 amide bonds. The first-order valence-electron chi connectivity index (χ1n) is 12.5. The molecular formula is C29H32FN5OS. The Labute approximate surface area is 221 Å². The Bertz CT molecular complexity index is 1470. The molecule has 0 aliphatic rings. The molecule has 0 radical (unpaired) electrons. The van der Waals surface area contributed by atoms with E-state index in [1.54, 1.807) is 22.7 Å². The van der Waals surface area contributed by atoms with Gasteiger partial charge in [0.05, 0.1) is 24.0 Å². The van der Waals surface area contributed by atoms with Gasteiger partial charge >= 0.3 is 0 Å². The number of para-hydroxylation sites is 1. The molecule has 0 atom stereocenters. The highest BCUT2D eigenvalue weighted by molar-refractivity contribution is 7.94. The van der Waals surface area contributed by atoms with E-state index in [-0.39, 0.29) is 17.9 Å². The van der Waals surface area contributed by atoms with E-state index >= 15 is 0 Å². The fourth-order valence-electron chi connectivity index (χ4n) is 4.32. The average Bonchev–Trinajstić information content (AvgIpc) is 3.36. The summed E-state index contributed by atoms with van der Waals surface area (Å²) in [6.07, 6.45) is 2.37. The first-order valence-corrected chi connectivity index (χ1v) is 13.2. The summed E-state index contributed by atoms with van der Waals surface area (Å²) >= 11 is 0.113. The van der Waals surface area contributed by atoms with Crippen LogP contribution < -0.4 is 5.32 Å². The van der Waals surface area contributed by atoms with Gasteiger partial charge in [-0.1, -0.05) is 68.4 Å². The molecule has 0 saturated heterocycles. The van der Waals surface area contributed by atoms with E-state index in [0.717, 1.165) is 19.5 Å². The van der Waals surface area contributed by atoms with Crippen molar-refractivity contribution in [1.29, 1.82) is 0 Å². The number of phenols is 1. The maximum atomic E-state index is 13.5. The first-order chi connectivity index (χ1) is 18.1. The highest BCUT2D eigenvalue weighted by atomic mass is 32.2. The second kappa shape index (κ2) is 12.6. The smallest absolute Gasteiger partial charge is 0.174 e. The molecule has 2 heterocycles. The number of aromatic hydroxyl groups is 1. The van der Waals surface area contributed by atoms with Gasteiger partial charge in [0.1, 0.15) is 16.5 Å². The number of fused-ring (bicyclic) bond motifs is 2. The fraction of sp³-hybridized carbons (Fsp3) is 0.241. The molecule has 0 fully saturated rings. The van der Waals surface area contributed by atoms with Gasteiger partial charge in [0.25, 0.3) is 0 Å². The maximum absolute atomic E-state index is 13.5. The summed E-state index contributed by atoms with van der Waals surface area (Å²) in [5.74, 6) is 0.824. The van der Waals surface area contributed by atoms with Crippen molar-refractivity contribution in [2.75, 3.05) is 25.5 Å². The molecule has 0 saturated carbocycles. The van der Waals surface area contributed by atoms with Crippen LogP contribution in [-0.2, 0) is 6.54 Å². The molecule has 0 bridgehead atoms. The number of nitrogens with zero attached hydrogens (tertiary/aromatic N) is 4. The molecule has 2 N–H and O–H groups in total. The van der Waals surface area contributed by atoms with Crippen molar-refractivity contribution >= 4 is 34.4 Å². The first kappa shape index (κ1) is 26.4. The van der Waals surface area contributed by atoms with Gasteiger partial charge in [0, 0.05) is 24.7 Å². The van der Waals surface area contributed by atoms with Crippen LogP contribution in [0, 0.1) is 0 Å². The summed E-state index contributed by atoms with van der Waals surface area (Å²) in [7, 11) is 2.13. The second-order valence-corrected chi connectivity index (χ2v) is 9.12. The summed E-state index contributed by atoms with van der Waals surface area (Å²) in [6, 6.07) is 23.7. The third-order valence-corrected chi connectivity index (χ3v) is 6.50. The van der Waals surface area contributed by atoms with E-state index < -0.39 is 0 Å². The van der Waals surface area contributed by atoms with Crippen molar-refractivity contribution < 1.29 is 8.99 Å². The number of hydrogen-bond donors (Lipinski definition) is 2. The highest BCUT2D eigenvalue weighted by Gasteiger charge is 2.15. The lowest BCUT2D eigenvalue weighted by Gasteiger charge is -2.18. The molecule has 37 heavy (non-hydrogen) atoms. The van der Waals surface area contributed by atoms with Crippen LogP contribution >= 0.6 is 12.1 Å². The molecule has 2 aromatic heterocycles. The molecule has 5 rings (SSSR count). The average molecular weight is 518 g/mol. The summed E-state index contributed by atoms with van der Waals surface area (Å²) in [5, 5.41) is 20.6. The number of rotatable bonds is 9. The zero-order chi connectivity index (χ0) is 26.2. The van der Waals surface area contributed by atoms with Crippen LogP contribution in [0.2, 0.25) is 0 Å². The van der Waals surface area contributed by atoms with Gasteiger partial charge in [-0.15, -0.1) is 0 Å². The van der Waals surface area contributed by atoms with Crippen molar-refractivity contribution in [3.63, 3.8) is 0 Å². The number of halogens is 1. The minimum Gasteiger partial charge on any atom is -0.507 e. The number of hydrogen-bond acceptors (Lipinski definition) is 6. The van der Waals surface area contributed by atoms with Gasteiger partial charge in [0.2, 0.25) is 0 Å². The van der Waals surface area contributed by atoms with Crippen molar-refractivity contribution in [2.24, 2.45) is 0 Å². The van der Waals surface area contributed by atoms with Crippen LogP contribution in [0.15, 0.2) is 83.9 Å². The van der Waals surface area contributed by atoms with Crippen LogP contribution in [-0.4, -0.2) is 44.7 Å². The number of benzene rings is 3. The lowest BCUT2D eigenvalue weighted by molar-refractivity contribution is 0.326. The van der Waals surface area contributed by atoms with Gasteiger partial charge in [-0.2, -0.15) is 13.5 Å². The molecule has 0 spiro atoms. The van der Waals surface area contributed by atoms with E-state index in [1.165, 1.54) is 22.5 Å². The van der Waals surface area contributed by atoms with Crippen LogP contribution in [0.5, 0.6) is 5.75 Å². The number of nitrogens with one attached hydrogen (secondary N) is 1.